The second kappa shape index (κ2) is 9.64. The van der Waals surface area contributed by atoms with Crippen LogP contribution in [0.15, 0.2) is 66.7 Å². The summed E-state index contributed by atoms with van der Waals surface area (Å²) in [6.45, 7) is 1.68. The number of carboxylic acids is 1. The van der Waals surface area contributed by atoms with Gasteiger partial charge in [0.05, 0.1) is 17.9 Å². The number of hydrogen-bond donors (Lipinski definition) is 1. The van der Waals surface area contributed by atoms with Crippen LogP contribution in [0.1, 0.15) is 54.0 Å². The van der Waals surface area contributed by atoms with Gasteiger partial charge in [-0.2, -0.15) is 13.2 Å². The molecule has 3 aromatic rings. The van der Waals surface area contributed by atoms with Gasteiger partial charge in [-0.1, -0.05) is 42.3 Å². The van der Waals surface area contributed by atoms with Gasteiger partial charge in [0.1, 0.15) is 11.9 Å². The fourth-order valence-corrected chi connectivity index (χ4v) is 4.26. The standard InChI is InChI=1S/C28H23F3O3/c1-2-3-21(17-27(32)33)19-8-13-24(14-9-19)34-26-15-10-20-4-5-22(16-25(20)26)18-6-11-23(12-7-18)28(29,30)31/h4-9,11-14,16,21,26H,10,15,17H2,1H3,(H,32,33)/t21-,26?/m0/s1. The van der Waals surface area contributed by atoms with Crippen LogP contribution in [0.2, 0.25) is 0 Å². The Morgan fingerprint density at radius 1 is 1.06 bits per heavy atom. The zero-order valence-corrected chi connectivity index (χ0v) is 18.5. The molecule has 0 saturated heterocycles. The lowest BCUT2D eigenvalue weighted by atomic mass is 9.96. The molecule has 0 aliphatic heterocycles. The topological polar surface area (TPSA) is 46.5 Å². The van der Waals surface area contributed by atoms with Gasteiger partial charge in [0.15, 0.2) is 0 Å². The molecule has 0 saturated carbocycles. The van der Waals surface area contributed by atoms with Gasteiger partial charge in [0.2, 0.25) is 0 Å². The third-order valence-corrected chi connectivity index (χ3v) is 5.97. The van der Waals surface area contributed by atoms with E-state index >= 15 is 0 Å². The van der Waals surface area contributed by atoms with E-state index in [1.165, 1.54) is 12.1 Å². The molecule has 3 nitrogen and oxygen atoms in total. The number of rotatable bonds is 6. The van der Waals surface area contributed by atoms with Crippen LogP contribution in [0.5, 0.6) is 5.75 Å². The smallest absolute Gasteiger partial charge is 0.416 e. The highest BCUT2D eigenvalue weighted by atomic mass is 19.4. The summed E-state index contributed by atoms with van der Waals surface area (Å²) in [5, 5.41) is 9.12. The molecular formula is C28H23F3O3. The van der Waals surface area contributed by atoms with Crippen LogP contribution in [0.4, 0.5) is 13.2 Å². The molecule has 2 atom stereocenters. The molecular weight excluding hydrogens is 441 g/mol. The number of hydrogen-bond acceptors (Lipinski definition) is 2. The zero-order valence-electron chi connectivity index (χ0n) is 18.5. The maximum absolute atomic E-state index is 12.9. The van der Waals surface area contributed by atoms with Gasteiger partial charge in [0, 0.05) is 0 Å². The van der Waals surface area contributed by atoms with E-state index in [-0.39, 0.29) is 18.4 Å². The monoisotopic (exact) mass is 464 g/mol. The fourth-order valence-electron chi connectivity index (χ4n) is 4.26. The average molecular weight is 464 g/mol. The quantitative estimate of drug-likeness (QED) is 0.399. The van der Waals surface area contributed by atoms with Crippen LogP contribution in [-0.2, 0) is 17.4 Å². The number of aliphatic carboxylic acids is 1. The number of carboxylic acid groups (broad SMARTS) is 1. The molecule has 0 radical (unpaired) electrons. The molecule has 0 heterocycles. The summed E-state index contributed by atoms with van der Waals surface area (Å²) >= 11 is 0. The first-order valence-corrected chi connectivity index (χ1v) is 11.0. The first kappa shape index (κ1) is 23.4. The number of fused-ring (bicyclic) bond motifs is 1. The lowest BCUT2D eigenvalue weighted by Gasteiger charge is -2.17. The number of halogens is 3. The van der Waals surface area contributed by atoms with Gasteiger partial charge in [-0.15, -0.1) is 5.92 Å². The summed E-state index contributed by atoms with van der Waals surface area (Å²) in [5.74, 6) is 5.10. The summed E-state index contributed by atoms with van der Waals surface area (Å²) in [4.78, 5) is 11.1. The van der Waals surface area contributed by atoms with Crippen molar-refractivity contribution in [3.63, 3.8) is 0 Å². The molecule has 3 aromatic carbocycles. The molecule has 174 valence electrons. The molecule has 0 amide bonds. The first-order valence-electron chi connectivity index (χ1n) is 11.0. The van der Waals surface area contributed by atoms with E-state index in [2.05, 4.69) is 11.8 Å². The van der Waals surface area contributed by atoms with E-state index in [1.807, 2.05) is 42.5 Å². The maximum atomic E-state index is 12.9. The Bertz CT molecular complexity index is 1230. The van der Waals surface area contributed by atoms with E-state index < -0.39 is 17.7 Å². The van der Waals surface area contributed by atoms with Gasteiger partial charge < -0.3 is 9.84 Å². The van der Waals surface area contributed by atoms with Crippen LogP contribution in [0.3, 0.4) is 0 Å². The van der Waals surface area contributed by atoms with Gasteiger partial charge in [-0.3, -0.25) is 4.79 Å². The van der Waals surface area contributed by atoms with Crippen molar-refractivity contribution in [2.45, 2.75) is 44.4 Å². The van der Waals surface area contributed by atoms with E-state index in [0.717, 1.165) is 47.2 Å². The number of aryl methyl sites for hydroxylation is 1. The Kier molecular flexibility index (Phi) is 6.65. The van der Waals surface area contributed by atoms with Crippen molar-refractivity contribution in [1.82, 2.24) is 0 Å². The Hall–Kier alpha value is -3.72. The predicted octanol–water partition coefficient (Wildman–Crippen LogP) is 7.02. The molecule has 0 spiro atoms. The van der Waals surface area contributed by atoms with Crippen molar-refractivity contribution in [3.8, 4) is 28.7 Å². The van der Waals surface area contributed by atoms with E-state index in [0.29, 0.717) is 11.3 Å². The first-order chi connectivity index (χ1) is 16.2. The number of benzene rings is 3. The Balaban J connectivity index is 1.52. The molecule has 1 N–H and O–H groups in total. The molecule has 1 unspecified atom stereocenters. The second-order valence-corrected chi connectivity index (χ2v) is 8.25. The second-order valence-electron chi connectivity index (χ2n) is 8.25. The Labute approximate surface area is 196 Å². The summed E-state index contributed by atoms with van der Waals surface area (Å²) in [6, 6.07) is 18.4. The van der Waals surface area contributed by atoms with Gasteiger partial charge in [-0.25, -0.2) is 0 Å². The van der Waals surface area contributed by atoms with Gasteiger partial charge in [0.25, 0.3) is 0 Å². The highest BCUT2D eigenvalue weighted by Gasteiger charge is 2.30. The normalized spacial score (nSPS) is 15.7. The maximum Gasteiger partial charge on any atom is 0.416 e. The molecule has 1 aliphatic carbocycles. The third kappa shape index (κ3) is 5.26. The highest BCUT2D eigenvalue weighted by Crippen LogP contribution is 2.38. The highest BCUT2D eigenvalue weighted by molar-refractivity contribution is 5.69. The van der Waals surface area contributed by atoms with Crippen molar-refractivity contribution in [2.24, 2.45) is 0 Å². The van der Waals surface area contributed by atoms with Gasteiger partial charge >= 0.3 is 12.1 Å². The summed E-state index contributed by atoms with van der Waals surface area (Å²) in [7, 11) is 0. The number of carbonyl (C=O) groups is 1. The largest absolute Gasteiger partial charge is 0.486 e. The minimum Gasteiger partial charge on any atom is -0.486 e. The Morgan fingerprint density at radius 2 is 1.74 bits per heavy atom. The molecule has 6 heteroatoms. The molecule has 34 heavy (non-hydrogen) atoms. The lowest BCUT2D eigenvalue weighted by molar-refractivity contribution is -0.138. The van der Waals surface area contributed by atoms with E-state index in [1.54, 1.807) is 6.92 Å². The minimum absolute atomic E-state index is 0.0657. The molecule has 0 bridgehead atoms. The van der Waals surface area contributed by atoms with E-state index in [9.17, 15) is 18.0 Å². The van der Waals surface area contributed by atoms with Crippen molar-refractivity contribution in [3.05, 3.63) is 89.0 Å². The van der Waals surface area contributed by atoms with Crippen molar-refractivity contribution in [2.75, 3.05) is 0 Å². The lowest BCUT2D eigenvalue weighted by Crippen LogP contribution is -2.06. The Morgan fingerprint density at radius 3 is 2.35 bits per heavy atom. The summed E-state index contributed by atoms with van der Waals surface area (Å²) < 4.78 is 44.9. The van der Waals surface area contributed by atoms with Gasteiger partial charge in [-0.05, 0) is 77.9 Å². The summed E-state index contributed by atoms with van der Waals surface area (Å²) in [5.41, 5.74) is 3.90. The molecule has 1 aliphatic rings. The van der Waals surface area contributed by atoms with Crippen LogP contribution in [0.25, 0.3) is 11.1 Å². The minimum atomic E-state index is -4.36. The van der Waals surface area contributed by atoms with Crippen LogP contribution >= 0.6 is 0 Å². The molecule has 0 aromatic heterocycles. The molecule has 4 rings (SSSR count). The number of alkyl halides is 3. The fraction of sp³-hybridized carbons (Fsp3) is 0.250. The van der Waals surface area contributed by atoms with Crippen molar-refractivity contribution >= 4 is 5.97 Å². The van der Waals surface area contributed by atoms with E-state index in [4.69, 9.17) is 9.84 Å². The zero-order chi connectivity index (χ0) is 24.3. The predicted molar refractivity (Wildman–Crippen MR) is 123 cm³/mol. The SMILES string of the molecule is CC#C[C@@H](CC(=O)O)c1ccc(OC2CCc3ccc(-c4ccc(C(F)(F)F)cc4)cc32)cc1. The summed E-state index contributed by atoms with van der Waals surface area (Å²) in [6.07, 6.45) is -2.93. The average Bonchev–Trinajstić information content (AvgIpc) is 3.20. The third-order valence-electron chi connectivity index (χ3n) is 5.97. The van der Waals surface area contributed by atoms with Crippen LogP contribution < -0.4 is 4.74 Å². The van der Waals surface area contributed by atoms with Crippen LogP contribution in [-0.4, -0.2) is 11.1 Å². The van der Waals surface area contributed by atoms with Crippen LogP contribution in [0, 0.1) is 11.8 Å². The number of ether oxygens (including phenoxy) is 1. The van der Waals surface area contributed by atoms with Crippen molar-refractivity contribution < 1.29 is 27.8 Å². The molecule has 0 fully saturated rings. The van der Waals surface area contributed by atoms with Crippen molar-refractivity contribution in [1.29, 1.82) is 0 Å².